The van der Waals surface area contributed by atoms with Gasteiger partial charge in [0, 0.05) is 25.6 Å². The SMILES string of the molecule is CC(CN(C)CC(C)S(C)(=O)=O)S(C)(=O)=O. The Morgan fingerprint density at radius 3 is 1.31 bits per heavy atom. The number of hydrogen-bond donors (Lipinski definition) is 0. The Morgan fingerprint density at radius 1 is 0.875 bits per heavy atom. The van der Waals surface area contributed by atoms with E-state index in [1.165, 1.54) is 12.5 Å². The van der Waals surface area contributed by atoms with Crippen molar-refractivity contribution in [3.63, 3.8) is 0 Å². The minimum absolute atomic E-state index is 0.346. The first-order valence-corrected chi connectivity index (χ1v) is 8.91. The molecule has 5 nitrogen and oxygen atoms in total. The molecule has 7 heteroatoms. The molecule has 2 atom stereocenters. The van der Waals surface area contributed by atoms with Crippen LogP contribution in [-0.2, 0) is 19.7 Å². The van der Waals surface area contributed by atoms with Crippen LogP contribution in [0.5, 0.6) is 0 Å². The molecule has 2 unspecified atom stereocenters. The Morgan fingerprint density at radius 2 is 1.12 bits per heavy atom. The standard InChI is InChI=1S/C9H21NO4S2/c1-8(15(4,11)12)6-10(3)7-9(2)16(5,13)14/h8-9H,6-7H2,1-5H3. The van der Waals surface area contributed by atoms with Gasteiger partial charge in [-0.3, -0.25) is 0 Å². The van der Waals surface area contributed by atoms with Crippen LogP contribution in [0.3, 0.4) is 0 Å². The molecule has 0 aromatic rings. The third kappa shape index (κ3) is 5.81. The Hall–Kier alpha value is -0.140. The molecule has 0 saturated carbocycles. The Bertz CT molecular complexity index is 373. The summed E-state index contributed by atoms with van der Waals surface area (Å²) < 4.78 is 44.8. The van der Waals surface area contributed by atoms with Crippen molar-refractivity contribution in [2.75, 3.05) is 32.6 Å². The average molecular weight is 271 g/mol. The van der Waals surface area contributed by atoms with Crippen LogP contribution < -0.4 is 0 Å². The summed E-state index contributed by atoms with van der Waals surface area (Å²) in [6.45, 7) is 3.94. The van der Waals surface area contributed by atoms with Gasteiger partial charge in [-0.25, -0.2) is 16.8 Å². The molecule has 0 radical (unpaired) electrons. The van der Waals surface area contributed by atoms with E-state index in [4.69, 9.17) is 0 Å². The van der Waals surface area contributed by atoms with Gasteiger partial charge in [0.25, 0.3) is 0 Å². The summed E-state index contributed by atoms with van der Waals surface area (Å²) in [6, 6.07) is 0. The molecule has 0 heterocycles. The van der Waals surface area contributed by atoms with Crippen LogP contribution in [0.1, 0.15) is 13.8 Å². The topological polar surface area (TPSA) is 71.5 Å². The fourth-order valence-electron chi connectivity index (χ4n) is 1.22. The molecule has 0 spiro atoms. The van der Waals surface area contributed by atoms with Crippen LogP contribution in [0.25, 0.3) is 0 Å². The van der Waals surface area contributed by atoms with Gasteiger partial charge in [0.2, 0.25) is 0 Å². The number of rotatable bonds is 6. The van der Waals surface area contributed by atoms with Crippen LogP contribution in [0, 0.1) is 0 Å². The summed E-state index contributed by atoms with van der Waals surface area (Å²) >= 11 is 0. The highest BCUT2D eigenvalue weighted by Crippen LogP contribution is 2.04. The predicted molar refractivity (Wildman–Crippen MR) is 66.1 cm³/mol. The molecule has 0 aromatic carbocycles. The first-order chi connectivity index (χ1) is 6.94. The van der Waals surface area contributed by atoms with Gasteiger partial charge in [-0.15, -0.1) is 0 Å². The lowest BCUT2D eigenvalue weighted by Gasteiger charge is -2.22. The van der Waals surface area contributed by atoms with Crippen molar-refractivity contribution >= 4 is 19.7 Å². The number of nitrogens with zero attached hydrogens (tertiary/aromatic N) is 1. The van der Waals surface area contributed by atoms with Crippen LogP contribution in [0.15, 0.2) is 0 Å². The van der Waals surface area contributed by atoms with Crippen molar-refractivity contribution in [3.8, 4) is 0 Å². The molecule has 0 saturated heterocycles. The third-order valence-electron chi connectivity index (χ3n) is 2.60. The van der Waals surface area contributed by atoms with Crippen molar-refractivity contribution in [1.82, 2.24) is 4.90 Å². The molecule has 0 fully saturated rings. The van der Waals surface area contributed by atoms with Gasteiger partial charge in [-0.2, -0.15) is 0 Å². The van der Waals surface area contributed by atoms with Crippen LogP contribution >= 0.6 is 0 Å². The lowest BCUT2D eigenvalue weighted by molar-refractivity contribution is 0.335. The zero-order valence-electron chi connectivity index (χ0n) is 10.5. The molecular formula is C9H21NO4S2. The molecule has 0 bridgehead atoms. The summed E-state index contributed by atoms with van der Waals surface area (Å²) in [5.74, 6) is 0. The molecular weight excluding hydrogens is 250 g/mol. The molecule has 0 aliphatic rings. The van der Waals surface area contributed by atoms with E-state index in [-0.39, 0.29) is 0 Å². The van der Waals surface area contributed by atoms with Crippen molar-refractivity contribution in [3.05, 3.63) is 0 Å². The molecule has 0 aliphatic heterocycles. The summed E-state index contributed by atoms with van der Waals surface area (Å²) in [6.07, 6.45) is 2.37. The molecule has 98 valence electrons. The maximum absolute atomic E-state index is 11.2. The first kappa shape index (κ1) is 15.9. The summed E-state index contributed by atoms with van der Waals surface area (Å²) in [5.41, 5.74) is 0. The first-order valence-electron chi connectivity index (χ1n) is 5.01. The largest absolute Gasteiger partial charge is 0.304 e. The monoisotopic (exact) mass is 271 g/mol. The predicted octanol–water partition coefficient (Wildman–Crippen LogP) is -0.216. The zero-order chi connectivity index (χ0) is 13.1. The second-order valence-corrected chi connectivity index (χ2v) is 9.43. The van der Waals surface area contributed by atoms with Gasteiger partial charge in [-0.1, -0.05) is 0 Å². The lowest BCUT2D eigenvalue weighted by Crippen LogP contribution is -2.38. The van der Waals surface area contributed by atoms with Gasteiger partial charge in [0.1, 0.15) is 0 Å². The number of sulfone groups is 2. The Balaban J connectivity index is 4.36. The highest BCUT2D eigenvalue weighted by molar-refractivity contribution is 7.91. The summed E-state index contributed by atoms with van der Waals surface area (Å²) in [5, 5.41) is -0.964. The van der Waals surface area contributed by atoms with Crippen LogP contribution in [-0.4, -0.2) is 64.9 Å². The quantitative estimate of drug-likeness (QED) is 0.668. The highest BCUT2D eigenvalue weighted by Gasteiger charge is 2.21. The van der Waals surface area contributed by atoms with E-state index in [9.17, 15) is 16.8 Å². The third-order valence-corrected chi connectivity index (χ3v) is 5.82. The van der Waals surface area contributed by atoms with Crippen molar-refractivity contribution in [2.45, 2.75) is 24.3 Å². The van der Waals surface area contributed by atoms with Crippen LogP contribution in [0.2, 0.25) is 0 Å². The second kappa shape index (κ2) is 5.46. The molecule has 0 amide bonds. The van der Waals surface area contributed by atoms with E-state index < -0.39 is 30.2 Å². The highest BCUT2D eigenvalue weighted by atomic mass is 32.2. The fourth-order valence-corrected chi connectivity index (χ4v) is 2.27. The Kier molecular flexibility index (Phi) is 5.41. The van der Waals surface area contributed by atoms with Gasteiger partial charge in [0.15, 0.2) is 19.7 Å². The lowest BCUT2D eigenvalue weighted by atomic mass is 10.4. The summed E-state index contributed by atoms with van der Waals surface area (Å²) in [7, 11) is -4.39. The molecule has 0 aromatic heterocycles. The molecule has 0 N–H and O–H groups in total. The fraction of sp³-hybridized carbons (Fsp3) is 1.00. The van der Waals surface area contributed by atoms with E-state index in [0.717, 1.165) is 0 Å². The molecule has 16 heavy (non-hydrogen) atoms. The maximum Gasteiger partial charge on any atom is 0.151 e. The van der Waals surface area contributed by atoms with E-state index in [1.807, 2.05) is 0 Å². The van der Waals surface area contributed by atoms with E-state index in [2.05, 4.69) is 0 Å². The van der Waals surface area contributed by atoms with Gasteiger partial charge < -0.3 is 4.90 Å². The smallest absolute Gasteiger partial charge is 0.151 e. The number of hydrogen-bond acceptors (Lipinski definition) is 5. The summed E-state index contributed by atoms with van der Waals surface area (Å²) in [4.78, 5) is 1.73. The van der Waals surface area contributed by atoms with Crippen LogP contribution in [0.4, 0.5) is 0 Å². The zero-order valence-corrected chi connectivity index (χ0v) is 12.1. The molecule has 0 rings (SSSR count). The minimum Gasteiger partial charge on any atom is -0.304 e. The normalized spacial score (nSPS) is 17.4. The second-order valence-electron chi connectivity index (χ2n) is 4.50. The average Bonchev–Trinajstić information content (AvgIpc) is 1.99. The van der Waals surface area contributed by atoms with E-state index in [1.54, 1.807) is 25.8 Å². The van der Waals surface area contributed by atoms with Gasteiger partial charge >= 0.3 is 0 Å². The van der Waals surface area contributed by atoms with Gasteiger partial charge in [-0.05, 0) is 20.9 Å². The molecule has 0 aliphatic carbocycles. The Labute approximate surface area is 98.7 Å². The van der Waals surface area contributed by atoms with Crippen molar-refractivity contribution in [1.29, 1.82) is 0 Å². The van der Waals surface area contributed by atoms with Crippen molar-refractivity contribution < 1.29 is 16.8 Å². The van der Waals surface area contributed by atoms with E-state index >= 15 is 0 Å². The minimum atomic E-state index is -3.06. The van der Waals surface area contributed by atoms with E-state index in [0.29, 0.717) is 13.1 Å². The van der Waals surface area contributed by atoms with Gasteiger partial charge in [0.05, 0.1) is 10.5 Å². The maximum atomic E-state index is 11.2. The van der Waals surface area contributed by atoms with Crippen molar-refractivity contribution in [2.24, 2.45) is 0 Å².